The smallest absolute Gasteiger partial charge is 0.119 e. The fourth-order valence-electron chi connectivity index (χ4n) is 2.17. The molecule has 0 bridgehead atoms. The van der Waals surface area contributed by atoms with Crippen LogP contribution in [0.1, 0.15) is 12.8 Å². The second-order valence-corrected chi connectivity index (χ2v) is 5.48. The summed E-state index contributed by atoms with van der Waals surface area (Å²) in [5.41, 5.74) is 0. The first-order chi connectivity index (χ1) is 8.24. The molecule has 0 unspecified atom stereocenters. The Balaban J connectivity index is 1.58. The maximum Gasteiger partial charge on any atom is 0.119 e. The molecule has 1 saturated carbocycles. The number of halogens is 1. The summed E-state index contributed by atoms with van der Waals surface area (Å²) >= 11 is 5.97. The van der Waals surface area contributed by atoms with E-state index in [0.717, 1.165) is 31.4 Å². The third kappa shape index (κ3) is 4.21. The molecule has 0 heterocycles. The maximum atomic E-state index is 5.97. The van der Waals surface area contributed by atoms with Crippen LogP contribution in [0, 0.1) is 5.92 Å². The summed E-state index contributed by atoms with van der Waals surface area (Å²) in [6.45, 7) is 2.86. The van der Waals surface area contributed by atoms with E-state index in [1.165, 1.54) is 12.8 Å². The molecule has 1 aromatic rings. The molecule has 0 amide bonds. The van der Waals surface area contributed by atoms with Crippen molar-refractivity contribution < 1.29 is 4.74 Å². The largest absolute Gasteiger partial charge is 0.492 e. The monoisotopic (exact) mass is 253 g/mol. The van der Waals surface area contributed by atoms with Crippen LogP contribution in [0.5, 0.6) is 5.75 Å². The number of likely N-dealkylation sites (N-methyl/N-ethyl adjacent to an activating group) is 1. The van der Waals surface area contributed by atoms with Gasteiger partial charge in [-0.15, -0.1) is 11.6 Å². The molecule has 2 rings (SSSR count). The predicted molar refractivity (Wildman–Crippen MR) is 71.8 cm³/mol. The highest BCUT2D eigenvalue weighted by molar-refractivity contribution is 6.21. The number of alkyl halides is 1. The molecule has 0 aromatic heterocycles. The van der Waals surface area contributed by atoms with Gasteiger partial charge in [-0.1, -0.05) is 18.2 Å². The highest BCUT2D eigenvalue weighted by Gasteiger charge is 2.27. The molecule has 0 N–H and O–H groups in total. The quantitative estimate of drug-likeness (QED) is 0.723. The Kier molecular flexibility index (Phi) is 4.69. The molecule has 0 atom stereocenters. The average molecular weight is 254 g/mol. The first-order valence-electron chi connectivity index (χ1n) is 6.24. The van der Waals surface area contributed by atoms with Gasteiger partial charge in [0.15, 0.2) is 0 Å². The number of ether oxygens (including phenoxy) is 1. The van der Waals surface area contributed by atoms with Gasteiger partial charge in [-0.25, -0.2) is 0 Å². The molecular weight excluding hydrogens is 234 g/mol. The van der Waals surface area contributed by atoms with Gasteiger partial charge in [-0.3, -0.25) is 0 Å². The summed E-state index contributed by atoms with van der Waals surface area (Å²) in [5.74, 6) is 1.74. The zero-order valence-electron chi connectivity index (χ0n) is 10.3. The molecule has 0 aliphatic heterocycles. The van der Waals surface area contributed by atoms with Crippen LogP contribution in [0.2, 0.25) is 0 Å². The van der Waals surface area contributed by atoms with Crippen molar-refractivity contribution in [2.24, 2.45) is 5.92 Å². The van der Waals surface area contributed by atoms with Gasteiger partial charge in [0.1, 0.15) is 12.4 Å². The lowest BCUT2D eigenvalue weighted by atomic mass is 9.84. The Morgan fingerprint density at radius 3 is 2.65 bits per heavy atom. The average Bonchev–Trinajstić information content (AvgIpc) is 2.28. The molecule has 2 nitrogen and oxygen atoms in total. The molecular formula is C14H20ClNO. The maximum absolute atomic E-state index is 5.97. The van der Waals surface area contributed by atoms with Crippen LogP contribution in [-0.2, 0) is 0 Å². The molecule has 1 aliphatic carbocycles. The van der Waals surface area contributed by atoms with Crippen molar-refractivity contribution in [2.75, 3.05) is 26.7 Å². The first kappa shape index (κ1) is 12.7. The van der Waals surface area contributed by atoms with E-state index in [1.54, 1.807) is 0 Å². The fourth-order valence-corrected chi connectivity index (χ4v) is 2.68. The van der Waals surface area contributed by atoms with Crippen molar-refractivity contribution in [1.82, 2.24) is 4.90 Å². The zero-order valence-corrected chi connectivity index (χ0v) is 11.1. The van der Waals surface area contributed by atoms with Gasteiger partial charge in [0, 0.05) is 18.5 Å². The molecule has 94 valence electrons. The Morgan fingerprint density at radius 2 is 2.00 bits per heavy atom. The molecule has 1 aromatic carbocycles. The van der Waals surface area contributed by atoms with E-state index in [9.17, 15) is 0 Å². The fraction of sp³-hybridized carbons (Fsp3) is 0.571. The minimum atomic E-state index is 0.425. The van der Waals surface area contributed by atoms with Crippen LogP contribution < -0.4 is 4.74 Å². The third-order valence-corrected chi connectivity index (χ3v) is 3.59. The van der Waals surface area contributed by atoms with E-state index >= 15 is 0 Å². The number of benzene rings is 1. The lowest BCUT2D eigenvalue weighted by Crippen LogP contribution is -2.36. The van der Waals surface area contributed by atoms with Crippen molar-refractivity contribution in [1.29, 1.82) is 0 Å². The van der Waals surface area contributed by atoms with Crippen LogP contribution in [-0.4, -0.2) is 37.0 Å². The normalized spacial score (nSPS) is 23.5. The van der Waals surface area contributed by atoms with Gasteiger partial charge < -0.3 is 9.64 Å². The highest BCUT2D eigenvalue weighted by atomic mass is 35.5. The number of nitrogens with zero attached hydrogens (tertiary/aromatic N) is 1. The van der Waals surface area contributed by atoms with Crippen molar-refractivity contribution >= 4 is 11.6 Å². The lowest BCUT2D eigenvalue weighted by molar-refractivity contribution is 0.180. The molecule has 3 heteroatoms. The van der Waals surface area contributed by atoms with Gasteiger partial charge >= 0.3 is 0 Å². The summed E-state index contributed by atoms with van der Waals surface area (Å²) in [6.07, 6.45) is 2.34. The second-order valence-electron chi connectivity index (χ2n) is 4.86. The van der Waals surface area contributed by atoms with Crippen LogP contribution in [0.25, 0.3) is 0 Å². The SMILES string of the molecule is CN(CCOc1ccccc1)CC1CC(Cl)C1. The van der Waals surface area contributed by atoms with Gasteiger partial charge in [0.25, 0.3) is 0 Å². The minimum absolute atomic E-state index is 0.425. The molecule has 17 heavy (non-hydrogen) atoms. The van der Waals surface area contributed by atoms with Crippen LogP contribution in [0.3, 0.4) is 0 Å². The summed E-state index contributed by atoms with van der Waals surface area (Å²) < 4.78 is 5.66. The Bertz CT molecular complexity index is 324. The van der Waals surface area contributed by atoms with E-state index < -0.39 is 0 Å². The number of hydrogen-bond donors (Lipinski definition) is 0. The molecule has 0 spiro atoms. The van der Waals surface area contributed by atoms with Gasteiger partial charge in [0.05, 0.1) is 0 Å². The van der Waals surface area contributed by atoms with E-state index in [1.807, 2.05) is 30.3 Å². The highest BCUT2D eigenvalue weighted by Crippen LogP contribution is 2.32. The van der Waals surface area contributed by atoms with E-state index in [4.69, 9.17) is 16.3 Å². The zero-order chi connectivity index (χ0) is 12.1. The Morgan fingerprint density at radius 1 is 1.29 bits per heavy atom. The topological polar surface area (TPSA) is 12.5 Å². The van der Waals surface area contributed by atoms with E-state index in [-0.39, 0.29) is 0 Å². The van der Waals surface area contributed by atoms with Gasteiger partial charge in [0.2, 0.25) is 0 Å². The van der Waals surface area contributed by atoms with Crippen molar-refractivity contribution in [3.63, 3.8) is 0 Å². The predicted octanol–water partition coefficient (Wildman–Crippen LogP) is 3.01. The summed E-state index contributed by atoms with van der Waals surface area (Å²) in [5, 5.41) is 0.425. The van der Waals surface area contributed by atoms with Gasteiger partial charge in [-0.2, -0.15) is 0 Å². The van der Waals surface area contributed by atoms with Crippen LogP contribution in [0.15, 0.2) is 30.3 Å². The minimum Gasteiger partial charge on any atom is -0.492 e. The lowest BCUT2D eigenvalue weighted by Gasteiger charge is -2.34. The first-order valence-corrected chi connectivity index (χ1v) is 6.68. The second kappa shape index (κ2) is 6.27. The van der Waals surface area contributed by atoms with Crippen molar-refractivity contribution in [2.45, 2.75) is 18.2 Å². The summed E-state index contributed by atoms with van der Waals surface area (Å²) in [7, 11) is 2.15. The van der Waals surface area contributed by atoms with Gasteiger partial charge in [-0.05, 0) is 37.9 Å². The van der Waals surface area contributed by atoms with E-state index in [0.29, 0.717) is 5.38 Å². The molecule has 0 saturated heterocycles. The van der Waals surface area contributed by atoms with Crippen LogP contribution in [0.4, 0.5) is 0 Å². The molecule has 0 radical (unpaired) electrons. The van der Waals surface area contributed by atoms with Crippen molar-refractivity contribution in [3.05, 3.63) is 30.3 Å². The number of rotatable bonds is 6. The molecule has 1 aliphatic rings. The Labute approximate surface area is 109 Å². The van der Waals surface area contributed by atoms with Crippen molar-refractivity contribution in [3.8, 4) is 5.75 Å². The standard InChI is InChI=1S/C14H20ClNO/c1-16(11-12-9-13(15)10-12)7-8-17-14-5-3-2-4-6-14/h2-6,12-13H,7-11H2,1H3. The summed E-state index contributed by atoms with van der Waals surface area (Å²) in [6, 6.07) is 9.97. The number of hydrogen-bond acceptors (Lipinski definition) is 2. The van der Waals surface area contributed by atoms with Crippen LogP contribution >= 0.6 is 11.6 Å². The van der Waals surface area contributed by atoms with E-state index in [2.05, 4.69) is 11.9 Å². The Hall–Kier alpha value is -0.730. The number of para-hydroxylation sites is 1. The molecule has 1 fully saturated rings. The summed E-state index contributed by atoms with van der Waals surface area (Å²) in [4.78, 5) is 2.33. The third-order valence-electron chi connectivity index (χ3n) is 3.23.